The number of esters is 1. The van der Waals surface area contributed by atoms with E-state index in [9.17, 15) is 27.9 Å². The van der Waals surface area contributed by atoms with Gasteiger partial charge in [0.1, 0.15) is 6.61 Å². The van der Waals surface area contributed by atoms with Crippen molar-refractivity contribution in [3.63, 3.8) is 0 Å². The van der Waals surface area contributed by atoms with E-state index in [-0.39, 0.29) is 36.7 Å². The number of carbonyl (C=O) groups is 2. The second-order valence-electron chi connectivity index (χ2n) is 12.0. The third-order valence-electron chi connectivity index (χ3n) is 8.82. The molecule has 5 rings (SSSR count). The zero-order valence-corrected chi connectivity index (χ0v) is 26.1. The Balaban J connectivity index is 1.27. The van der Waals surface area contributed by atoms with E-state index in [2.05, 4.69) is 21.2 Å². The van der Waals surface area contributed by atoms with Crippen molar-refractivity contribution in [3.05, 3.63) is 59.2 Å². The molecule has 1 saturated heterocycles. The lowest BCUT2D eigenvalue weighted by Crippen LogP contribution is -2.46. The molecule has 2 aromatic carbocycles. The number of hydrogen-bond donors (Lipinski definition) is 2. The summed E-state index contributed by atoms with van der Waals surface area (Å²) in [5.41, 5.74) is 1.65. The van der Waals surface area contributed by atoms with Gasteiger partial charge in [-0.15, -0.1) is 0 Å². The van der Waals surface area contributed by atoms with Gasteiger partial charge in [0, 0.05) is 57.5 Å². The predicted molar refractivity (Wildman–Crippen MR) is 166 cm³/mol. The monoisotopic (exact) mass is 645 g/mol. The number of fused-ring (bicyclic) bond motifs is 1. The molecule has 1 aliphatic carbocycles. The minimum Gasteiger partial charge on any atom is -0.464 e. The van der Waals surface area contributed by atoms with Gasteiger partial charge >= 0.3 is 12.1 Å². The number of rotatable bonds is 12. The SMILES string of the molecule is CCOC(=O)COCCN1CCN(Cc2ccc3c(c2)nc(NC(=O)c2cccc(C(F)(F)F)c2)n3[C@H]2CC[C@@H](CO)CC2)CC1. The molecule has 0 radical (unpaired) electrons. The molecule has 1 aliphatic heterocycles. The van der Waals surface area contributed by atoms with Crippen LogP contribution in [-0.4, -0.2) is 95.5 Å². The molecule has 1 aromatic heterocycles. The number of ether oxygens (including phenoxy) is 2. The fourth-order valence-electron chi connectivity index (χ4n) is 6.28. The average Bonchev–Trinajstić information content (AvgIpc) is 3.40. The van der Waals surface area contributed by atoms with Gasteiger partial charge in [0.15, 0.2) is 0 Å². The molecule has 0 bridgehead atoms. The Labute approximate surface area is 266 Å². The summed E-state index contributed by atoms with van der Waals surface area (Å²) in [5, 5.41) is 12.4. The molecule has 10 nitrogen and oxygen atoms in total. The molecular formula is C33H42F3N5O5. The first-order valence-corrected chi connectivity index (χ1v) is 15.9. The largest absolute Gasteiger partial charge is 0.464 e. The molecule has 0 spiro atoms. The number of anilines is 1. The fraction of sp³-hybridized carbons (Fsp3) is 0.545. The van der Waals surface area contributed by atoms with Gasteiger partial charge in [0.25, 0.3) is 5.91 Å². The first-order chi connectivity index (χ1) is 22.1. The maximum atomic E-state index is 13.3. The van der Waals surface area contributed by atoms with Gasteiger partial charge in [0.05, 0.1) is 29.8 Å². The summed E-state index contributed by atoms with van der Waals surface area (Å²) in [7, 11) is 0. The summed E-state index contributed by atoms with van der Waals surface area (Å²) in [6.45, 7) is 7.63. The highest BCUT2D eigenvalue weighted by Gasteiger charge is 2.31. The summed E-state index contributed by atoms with van der Waals surface area (Å²) in [6.07, 6.45) is -1.30. The Bertz CT molecular complexity index is 1480. The van der Waals surface area contributed by atoms with E-state index in [0.717, 1.165) is 88.2 Å². The van der Waals surface area contributed by atoms with Crippen LogP contribution in [-0.2, 0) is 27.0 Å². The number of hydrogen-bond acceptors (Lipinski definition) is 8. The van der Waals surface area contributed by atoms with Crippen molar-refractivity contribution in [2.75, 3.05) is 64.5 Å². The maximum absolute atomic E-state index is 13.3. The Morgan fingerprint density at radius 2 is 1.76 bits per heavy atom. The number of imidazole rings is 1. The van der Waals surface area contributed by atoms with E-state index in [4.69, 9.17) is 14.5 Å². The van der Waals surface area contributed by atoms with Crippen molar-refractivity contribution in [2.45, 2.75) is 51.4 Å². The van der Waals surface area contributed by atoms with Gasteiger partial charge in [-0.25, -0.2) is 9.78 Å². The van der Waals surface area contributed by atoms with Gasteiger partial charge in [-0.3, -0.25) is 19.9 Å². The van der Waals surface area contributed by atoms with Crippen LogP contribution in [0.1, 0.15) is 60.1 Å². The molecule has 1 saturated carbocycles. The first kappa shape index (κ1) is 33.8. The van der Waals surface area contributed by atoms with Crippen molar-refractivity contribution in [2.24, 2.45) is 5.92 Å². The Kier molecular flexibility index (Phi) is 11.3. The fourth-order valence-corrected chi connectivity index (χ4v) is 6.28. The van der Waals surface area contributed by atoms with Crippen LogP contribution in [0.2, 0.25) is 0 Å². The number of amides is 1. The molecular weight excluding hydrogens is 603 g/mol. The van der Waals surface area contributed by atoms with Crippen LogP contribution in [0.5, 0.6) is 0 Å². The lowest BCUT2D eigenvalue weighted by molar-refractivity contribution is -0.148. The highest BCUT2D eigenvalue weighted by Crippen LogP contribution is 2.37. The van der Waals surface area contributed by atoms with Crippen LogP contribution < -0.4 is 5.32 Å². The third kappa shape index (κ3) is 8.64. The zero-order chi connectivity index (χ0) is 32.7. The number of alkyl halides is 3. The van der Waals surface area contributed by atoms with E-state index in [1.165, 1.54) is 12.1 Å². The predicted octanol–water partition coefficient (Wildman–Crippen LogP) is 4.73. The van der Waals surface area contributed by atoms with E-state index in [1.54, 1.807) is 6.92 Å². The lowest BCUT2D eigenvalue weighted by Gasteiger charge is -2.34. The molecule has 1 amide bonds. The van der Waals surface area contributed by atoms with Gasteiger partial charge in [-0.1, -0.05) is 12.1 Å². The summed E-state index contributed by atoms with van der Waals surface area (Å²) in [6, 6.07) is 10.5. The second-order valence-corrected chi connectivity index (χ2v) is 12.0. The van der Waals surface area contributed by atoms with E-state index in [0.29, 0.717) is 24.7 Å². The quantitative estimate of drug-likeness (QED) is 0.215. The minimum absolute atomic E-state index is 0.0322. The van der Waals surface area contributed by atoms with Crippen molar-refractivity contribution in [3.8, 4) is 0 Å². The number of benzene rings is 2. The van der Waals surface area contributed by atoms with Crippen molar-refractivity contribution >= 4 is 28.9 Å². The van der Waals surface area contributed by atoms with Gasteiger partial charge in [-0.05, 0) is 74.4 Å². The van der Waals surface area contributed by atoms with Crippen LogP contribution in [0.25, 0.3) is 11.0 Å². The number of nitrogens with zero attached hydrogens (tertiary/aromatic N) is 4. The Morgan fingerprint density at radius 3 is 2.46 bits per heavy atom. The third-order valence-corrected chi connectivity index (χ3v) is 8.82. The summed E-state index contributed by atoms with van der Waals surface area (Å²) >= 11 is 0. The van der Waals surface area contributed by atoms with Gasteiger partial charge in [0.2, 0.25) is 5.95 Å². The zero-order valence-electron chi connectivity index (χ0n) is 26.1. The van der Waals surface area contributed by atoms with Crippen LogP contribution >= 0.6 is 0 Å². The van der Waals surface area contributed by atoms with Crippen LogP contribution in [0.3, 0.4) is 0 Å². The molecule has 3 aromatic rings. The normalized spacial score (nSPS) is 19.8. The smallest absolute Gasteiger partial charge is 0.416 e. The van der Waals surface area contributed by atoms with E-state index in [1.807, 2.05) is 16.7 Å². The van der Waals surface area contributed by atoms with Crippen LogP contribution in [0.15, 0.2) is 42.5 Å². The first-order valence-electron chi connectivity index (χ1n) is 15.9. The molecule has 13 heteroatoms. The number of piperazine rings is 1. The average molecular weight is 646 g/mol. The number of aromatic nitrogens is 2. The van der Waals surface area contributed by atoms with Crippen LogP contribution in [0, 0.1) is 5.92 Å². The molecule has 2 fully saturated rings. The number of nitrogens with one attached hydrogen (secondary N) is 1. The second kappa shape index (κ2) is 15.4. The van der Waals surface area contributed by atoms with E-state index < -0.39 is 17.6 Å². The molecule has 2 aliphatic rings. The number of halogens is 3. The topological polar surface area (TPSA) is 109 Å². The van der Waals surface area contributed by atoms with Crippen molar-refractivity contribution < 1.29 is 37.3 Å². The summed E-state index contributed by atoms with van der Waals surface area (Å²) < 4.78 is 52.2. The van der Waals surface area contributed by atoms with E-state index >= 15 is 0 Å². The Hall–Kier alpha value is -3.52. The van der Waals surface area contributed by atoms with Gasteiger partial charge in [-0.2, -0.15) is 13.2 Å². The molecule has 2 N–H and O–H groups in total. The van der Waals surface area contributed by atoms with Crippen molar-refractivity contribution in [1.29, 1.82) is 0 Å². The van der Waals surface area contributed by atoms with Crippen LogP contribution in [0.4, 0.5) is 19.1 Å². The summed E-state index contributed by atoms with van der Waals surface area (Å²) in [5.74, 6) is -0.469. The number of aliphatic hydroxyl groups is 1. The maximum Gasteiger partial charge on any atom is 0.416 e. The molecule has 2 heterocycles. The number of aliphatic hydroxyl groups excluding tert-OH is 1. The molecule has 250 valence electrons. The highest BCUT2D eigenvalue weighted by molar-refractivity contribution is 6.04. The lowest BCUT2D eigenvalue weighted by atomic mass is 9.86. The summed E-state index contributed by atoms with van der Waals surface area (Å²) in [4.78, 5) is 34.1. The Morgan fingerprint density at radius 1 is 1.02 bits per heavy atom. The molecule has 0 unspecified atom stereocenters. The minimum atomic E-state index is -4.56. The molecule has 46 heavy (non-hydrogen) atoms. The number of carbonyl (C=O) groups excluding carboxylic acids is 2. The standard InChI is InChI=1S/C33H42F3N5O5/c1-2-46-30(43)22-45-17-16-39-12-14-40(15-13-39)20-24-8-11-29-28(18-24)37-32(41(29)27-9-6-23(21-42)7-10-27)38-31(44)25-4-3-5-26(19-25)33(34,35)36/h3-5,8,11,18-19,23,27,42H,2,6-7,9-10,12-17,20-22H2,1H3,(H,37,38,44)/t23-,27+. The van der Waals surface area contributed by atoms with Gasteiger partial charge < -0.3 is 19.1 Å². The highest BCUT2D eigenvalue weighted by atomic mass is 19.4. The molecule has 0 atom stereocenters. The van der Waals surface area contributed by atoms with Crippen molar-refractivity contribution in [1.82, 2.24) is 19.4 Å².